The van der Waals surface area contributed by atoms with Crippen LogP contribution in [0.5, 0.6) is 0 Å². The third kappa shape index (κ3) is 3.33. The van der Waals surface area contributed by atoms with Gasteiger partial charge in [-0.3, -0.25) is 0 Å². The Morgan fingerprint density at radius 2 is 2.00 bits per heavy atom. The Balaban J connectivity index is 2.13. The smallest absolute Gasteiger partial charge is 0.148 e. The van der Waals surface area contributed by atoms with E-state index in [4.69, 9.17) is 10.6 Å². The normalized spacial score (nSPS) is 16.4. The van der Waals surface area contributed by atoms with E-state index < -0.39 is 0 Å². The molecular weight excluding hydrogens is 242 g/mol. The number of aromatic nitrogens is 2. The quantitative estimate of drug-likeness (QED) is 0.630. The number of nitrogen functional groups attached to an aromatic ring is 1. The minimum absolute atomic E-state index is 0.669. The zero-order valence-electron chi connectivity index (χ0n) is 11.9. The number of ether oxygens (including phenoxy) is 1. The zero-order chi connectivity index (χ0) is 13.8. The van der Waals surface area contributed by atoms with E-state index in [-0.39, 0.29) is 0 Å². The van der Waals surface area contributed by atoms with Crippen LogP contribution in [0.15, 0.2) is 0 Å². The number of aryl methyl sites for hydroxylation is 1. The van der Waals surface area contributed by atoms with Crippen molar-refractivity contribution < 1.29 is 4.74 Å². The van der Waals surface area contributed by atoms with Crippen LogP contribution in [-0.2, 0) is 4.74 Å². The van der Waals surface area contributed by atoms with E-state index in [9.17, 15) is 0 Å². The highest BCUT2D eigenvalue weighted by Gasteiger charge is 2.19. The van der Waals surface area contributed by atoms with Gasteiger partial charge in [0.05, 0.1) is 0 Å². The maximum absolute atomic E-state index is 5.50. The maximum Gasteiger partial charge on any atom is 0.148 e. The Hall–Kier alpha value is -1.40. The Labute approximate surface area is 114 Å². The first-order chi connectivity index (χ1) is 9.11. The van der Waals surface area contributed by atoms with Gasteiger partial charge >= 0.3 is 0 Å². The lowest BCUT2D eigenvalue weighted by molar-refractivity contribution is 0.0685. The van der Waals surface area contributed by atoms with Crippen LogP contribution in [-0.4, -0.2) is 36.8 Å². The van der Waals surface area contributed by atoms with Crippen molar-refractivity contribution in [1.29, 1.82) is 0 Å². The van der Waals surface area contributed by atoms with Gasteiger partial charge in [-0.05, 0) is 32.6 Å². The van der Waals surface area contributed by atoms with E-state index in [2.05, 4.69) is 27.3 Å². The van der Waals surface area contributed by atoms with Gasteiger partial charge in [0.15, 0.2) is 0 Å². The fraction of sp³-hybridized carbons (Fsp3) is 0.692. The molecular formula is C13H23N5O. The van der Waals surface area contributed by atoms with Gasteiger partial charge in [-0.1, -0.05) is 0 Å². The van der Waals surface area contributed by atoms with Crippen molar-refractivity contribution in [2.45, 2.75) is 26.7 Å². The van der Waals surface area contributed by atoms with Crippen molar-refractivity contribution in [1.82, 2.24) is 9.97 Å². The van der Waals surface area contributed by atoms with Crippen molar-refractivity contribution >= 4 is 11.6 Å². The fourth-order valence-corrected chi connectivity index (χ4v) is 2.53. The molecule has 0 aromatic carbocycles. The summed E-state index contributed by atoms with van der Waals surface area (Å²) in [5.41, 5.74) is 3.63. The molecule has 2 rings (SSSR count). The third-order valence-corrected chi connectivity index (χ3v) is 3.60. The van der Waals surface area contributed by atoms with Crippen LogP contribution in [0.25, 0.3) is 0 Å². The summed E-state index contributed by atoms with van der Waals surface area (Å²) in [4.78, 5) is 11.0. The van der Waals surface area contributed by atoms with Crippen molar-refractivity contribution in [2.75, 3.05) is 37.1 Å². The predicted molar refractivity (Wildman–Crippen MR) is 76.1 cm³/mol. The molecule has 1 aliphatic rings. The lowest BCUT2D eigenvalue weighted by Gasteiger charge is -2.29. The molecule has 1 saturated heterocycles. The molecule has 6 heteroatoms. The monoisotopic (exact) mass is 265 g/mol. The van der Waals surface area contributed by atoms with Crippen LogP contribution >= 0.6 is 0 Å². The van der Waals surface area contributed by atoms with Gasteiger partial charge in [-0.25, -0.2) is 15.8 Å². The van der Waals surface area contributed by atoms with Crippen LogP contribution < -0.4 is 16.2 Å². The van der Waals surface area contributed by atoms with Crippen molar-refractivity contribution in [3.8, 4) is 0 Å². The highest BCUT2D eigenvalue weighted by molar-refractivity contribution is 5.57. The molecule has 0 bridgehead atoms. The molecule has 1 aromatic rings. The van der Waals surface area contributed by atoms with E-state index in [1.54, 1.807) is 0 Å². The molecule has 6 nitrogen and oxygen atoms in total. The molecule has 0 unspecified atom stereocenters. The SMILES string of the molecule is Cc1nc(NN)c(C)c(N(C)CC2CCOCC2)n1. The molecule has 0 aliphatic carbocycles. The van der Waals surface area contributed by atoms with Crippen molar-refractivity contribution in [3.05, 3.63) is 11.4 Å². The standard InChI is InChI=1S/C13H23N5O/c1-9-12(17-14)15-10(2)16-13(9)18(3)8-11-4-6-19-7-5-11/h11H,4-8,14H2,1-3H3,(H,15,16,17). The summed E-state index contributed by atoms with van der Waals surface area (Å²) >= 11 is 0. The van der Waals surface area contributed by atoms with Gasteiger partial charge in [0.1, 0.15) is 17.5 Å². The molecule has 2 heterocycles. The van der Waals surface area contributed by atoms with E-state index in [1.165, 1.54) is 0 Å². The average molecular weight is 265 g/mol. The lowest BCUT2D eigenvalue weighted by atomic mass is 10.00. The molecule has 0 saturated carbocycles. The summed E-state index contributed by atoms with van der Waals surface area (Å²) in [7, 11) is 2.07. The summed E-state index contributed by atoms with van der Waals surface area (Å²) in [6, 6.07) is 0. The van der Waals surface area contributed by atoms with E-state index >= 15 is 0 Å². The molecule has 1 aromatic heterocycles. The van der Waals surface area contributed by atoms with E-state index in [0.717, 1.165) is 49.8 Å². The number of hydrogen-bond donors (Lipinski definition) is 2. The first-order valence-corrected chi connectivity index (χ1v) is 6.72. The van der Waals surface area contributed by atoms with Crippen molar-refractivity contribution in [3.63, 3.8) is 0 Å². The summed E-state index contributed by atoms with van der Waals surface area (Å²) in [6.07, 6.45) is 2.24. The predicted octanol–water partition coefficient (Wildman–Crippen LogP) is 1.24. The van der Waals surface area contributed by atoms with Crippen LogP contribution in [0.1, 0.15) is 24.2 Å². The second kappa shape index (κ2) is 6.16. The van der Waals surface area contributed by atoms with Gasteiger partial charge in [0.25, 0.3) is 0 Å². The Morgan fingerprint density at radius 1 is 1.32 bits per heavy atom. The Bertz CT molecular complexity index is 431. The number of nitrogens with two attached hydrogens (primary N) is 1. The second-order valence-electron chi connectivity index (χ2n) is 5.15. The fourth-order valence-electron chi connectivity index (χ4n) is 2.53. The molecule has 106 valence electrons. The Kier molecular flexibility index (Phi) is 4.55. The van der Waals surface area contributed by atoms with Gasteiger partial charge in [0, 0.05) is 32.4 Å². The number of rotatable bonds is 4. The largest absolute Gasteiger partial charge is 0.381 e. The second-order valence-corrected chi connectivity index (χ2v) is 5.15. The summed E-state index contributed by atoms with van der Waals surface area (Å²) < 4.78 is 5.40. The van der Waals surface area contributed by atoms with Gasteiger partial charge < -0.3 is 15.1 Å². The number of nitrogens with one attached hydrogen (secondary N) is 1. The van der Waals surface area contributed by atoms with Gasteiger partial charge in [-0.15, -0.1) is 0 Å². The average Bonchev–Trinajstić information content (AvgIpc) is 2.42. The molecule has 0 atom stereocenters. The van der Waals surface area contributed by atoms with Crippen LogP contribution in [0, 0.1) is 19.8 Å². The van der Waals surface area contributed by atoms with E-state index in [0.29, 0.717) is 11.7 Å². The Morgan fingerprint density at radius 3 is 2.63 bits per heavy atom. The highest BCUT2D eigenvalue weighted by atomic mass is 16.5. The van der Waals surface area contributed by atoms with Gasteiger partial charge in [0.2, 0.25) is 0 Å². The number of nitrogens with zero attached hydrogens (tertiary/aromatic N) is 3. The highest BCUT2D eigenvalue weighted by Crippen LogP contribution is 2.24. The first-order valence-electron chi connectivity index (χ1n) is 6.72. The minimum atomic E-state index is 0.669. The molecule has 1 fully saturated rings. The first kappa shape index (κ1) is 14.0. The molecule has 3 N–H and O–H groups in total. The third-order valence-electron chi connectivity index (χ3n) is 3.60. The molecule has 0 radical (unpaired) electrons. The number of anilines is 2. The summed E-state index contributed by atoms with van der Waals surface area (Å²) in [5, 5.41) is 0. The maximum atomic E-state index is 5.50. The van der Waals surface area contributed by atoms with Crippen LogP contribution in [0.3, 0.4) is 0 Å². The summed E-state index contributed by atoms with van der Waals surface area (Å²) in [6.45, 7) is 6.60. The molecule has 1 aliphatic heterocycles. The molecule has 19 heavy (non-hydrogen) atoms. The zero-order valence-corrected chi connectivity index (χ0v) is 11.9. The number of hydrazine groups is 1. The summed E-state index contributed by atoms with van der Waals surface area (Å²) in [5.74, 6) is 8.54. The van der Waals surface area contributed by atoms with Gasteiger partial charge in [-0.2, -0.15) is 0 Å². The van der Waals surface area contributed by atoms with Crippen molar-refractivity contribution in [2.24, 2.45) is 11.8 Å². The lowest BCUT2D eigenvalue weighted by Crippen LogP contribution is -2.31. The molecule has 0 amide bonds. The number of hydrogen-bond acceptors (Lipinski definition) is 6. The van der Waals surface area contributed by atoms with Crippen LogP contribution in [0.4, 0.5) is 11.6 Å². The van der Waals surface area contributed by atoms with E-state index in [1.807, 2.05) is 13.8 Å². The topological polar surface area (TPSA) is 76.3 Å². The minimum Gasteiger partial charge on any atom is -0.381 e. The molecule has 0 spiro atoms. The van der Waals surface area contributed by atoms with Crippen LogP contribution in [0.2, 0.25) is 0 Å².